The van der Waals surface area contributed by atoms with Gasteiger partial charge in [0, 0.05) is 0 Å². The number of aromatic carboxylic acids is 1. The lowest BCUT2D eigenvalue weighted by molar-refractivity contribution is -0.310. The van der Waals surface area contributed by atoms with Crippen molar-refractivity contribution in [3.8, 4) is 5.75 Å². The number of carbonyl (C=O) groups is 1. The van der Waals surface area contributed by atoms with Crippen LogP contribution in [0.2, 0.25) is 0 Å². The van der Waals surface area contributed by atoms with Gasteiger partial charge in [-0.25, -0.2) is 4.79 Å². The largest absolute Gasteiger partial charge is 0.507 e. The van der Waals surface area contributed by atoms with E-state index in [0.29, 0.717) is 12.0 Å². The zero-order valence-electron chi connectivity index (χ0n) is 23.4. The van der Waals surface area contributed by atoms with Gasteiger partial charge < -0.3 is 40.1 Å². The molecule has 224 valence electrons. The SMILES string of the molecule is C[C@H](CCCCCCCCCCCCCCCc1cccc(O)c1C(=O)O)O[C@@H]1OC(CO)[C@@H](O)C(O)C1O. The summed E-state index contributed by atoms with van der Waals surface area (Å²) in [5.41, 5.74) is 0.742. The third-order valence-corrected chi connectivity index (χ3v) is 7.61. The third kappa shape index (κ3) is 11.7. The molecule has 9 nitrogen and oxygen atoms in total. The van der Waals surface area contributed by atoms with Crippen molar-refractivity contribution in [2.75, 3.05) is 6.61 Å². The zero-order valence-corrected chi connectivity index (χ0v) is 23.4. The molecule has 6 atom stereocenters. The first kappa shape index (κ1) is 33.5. The Balaban J connectivity index is 1.39. The van der Waals surface area contributed by atoms with Gasteiger partial charge in [0.15, 0.2) is 6.29 Å². The van der Waals surface area contributed by atoms with Crippen LogP contribution in [0, 0.1) is 0 Å². The monoisotopic (exact) mass is 554 g/mol. The van der Waals surface area contributed by atoms with Crippen molar-refractivity contribution in [1.82, 2.24) is 0 Å². The Morgan fingerprint density at radius 1 is 0.846 bits per heavy atom. The van der Waals surface area contributed by atoms with Crippen LogP contribution in [-0.4, -0.2) is 80.0 Å². The maximum absolute atomic E-state index is 11.3. The van der Waals surface area contributed by atoms with Gasteiger partial charge in [0.1, 0.15) is 35.7 Å². The molecule has 1 aromatic carbocycles. The average molecular weight is 555 g/mol. The van der Waals surface area contributed by atoms with E-state index in [1.54, 1.807) is 12.1 Å². The molecular weight excluding hydrogens is 504 g/mol. The maximum atomic E-state index is 11.3. The van der Waals surface area contributed by atoms with E-state index in [2.05, 4.69) is 0 Å². The van der Waals surface area contributed by atoms with Crippen LogP contribution in [0.15, 0.2) is 18.2 Å². The van der Waals surface area contributed by atoms with E-state index in [0.717, 1.165) is 38.5 Å². The standard InChI is InChI=1S/C30H50O9/c1-21(38-30-28(35)27(34)26(33)24(20-31)39-30)16-13-11-9-7-5-3-2-4-6-8-10-12-14-17-22-18-15-19-23(32)25(22)29(36)37/h15,18-19,21,24,26-28,30-35H,2-14,16-17,20H2,1H3,(H,36,37)/t21-,24?,26-,27?,28?,30-/m1/s1. The molecule has 9 heteroatoms. The summed E-state index contributed by atoms with van der Waals surface area (Å²) in [6.07, 6.45) is 10.3. The quantitative estimate of drug-likeness (QED) is 0.129. The van der Waals surface area contributed by atoms with Crippen molar-refractivity contribution in [2.45, 2.75) is 140 Å². The van der Waals surface area contributed by atoms with Crippen molar-refractivity contribution in [3.05, 3.63) is 29.3 Å². The second-order valence-corrected chi connectivity index (χ2v) is 10.9. The minimum atomic E-state index is -1.41. The predicted octanol–water partition coefficient (Wildman–Crippen LogP) is 4.30. The fourth-order valence-corrected chi connectivity index (χ4v) is 5.21. The van der Waals surface area contributed by atoms with Crippen LogP contribution >= 0.6 is 0 Å². The van der Waals surface area contributed by atoms with E-state index >= 15 is 0 Å². The van der Waals surface area contributed by atoms with Gasteiger partial charge in [-0.2, -0.15) is 0 Å². The first-order valence-electron chi connectivity index (χ1n) is 14.8. The Kier molecular flexibility index (Phi) is 15.9. The van der Waals surface area contributed by atoms with Gasteiger partial charge in [0.05, 0.1) is 12.7 Å². The van der Waals surface area contributed by atoms with Crippen LogP contribution in [0.3, 0.4) is 0 Å². The maximum Gasteiger partial charge on any atom is 0.339 e. The average Bonchev–Trinajstić information content (AvgIpc) is 2.90. The molecule has 6 N–H and O–H groups in total. The van der Waals surface area contributed by atoms with Gasteiger partial charge in [0.25, 0.3) is 0 Å². The normalized spacial score (nSPS) is 24.1. The number of benzene rings is 1. The zero-order chi connectivity index (χ0) is 28.6. The summed E-state index contributed by atoms with van der Waals surface area (Å²) in [6.45, 7) is 1.44. The number of unbranched alkanes of at least 4 members (excludes halogenated alkanes) is 12. The van der Waals surface area contributed by atoms with Crippen LogP contribution in [0.5, 0.6) is 5.75 Å². The number of ether oxygens (including phenoxy) is 2. The van der Waals surface area contributed by atoms with E-state index in [1.165, 1.54) is 57.4 Å². The molecule has 1 saturated heterocycles. The van der Waals surface area contributed by atoms with Crippen LogP contribution in [0.25, 0.3) is 0 Å². The molecule has 1 aliphatic heterocycles. The van der Waals surface area contributed by atoms with E-state index in [1.807, 2.05) is 6.92 Å². The molecule has 0 spiro atoms. The molecule has 0 aliphatic carbocycles. The summed E-state index contributed by atoms with van der Waals surface area (Å²) in [5, 5.41) is 58.1. The number of aliphatic hydroxyl groups excluding tert-OH is 4. The van der Waals surface area contributed by atoms with Crippen molar-refractivity contribution >= 4 is 5.97 Å². The van der Waals surface area contributed by atoms with Crippen LogP contribution in [-0.2, 0) is 15.9 Å². The van der Waals surface area contributed by atoms with Crippen molar-refractivity contribution < 1.29 is 44.9 Å². The molecule has 39 heavy (non-hydrogen) atoms. The molecule has 2 rings (SSSR count). The number of aliphatic hydroxyl groups is 4. The third-order valence-electron chi connectivity index (χ3n) is 7.61. The second kappa shape index (κ2) is 18.6. The number of aromatic hydroxyl groups is 1. The number of carboxylic acids is 1. The summed E-state index contributed by atoms with van der Waals surface area (Å²) < 4.78 is 11.1. The summed E-state index contributed by atoms with van der Waals surface area (Å²) in [7, 11) is 0. The van der Waals surface area contributed by atoms with E-state index in [4.69, 9.17) is 9.47 Å². The van der Waals surface area contributed by atoms with Crippen LogP contribution in [0.4, 0.5) is 0 Å². The van der Waals surface area contributed by atoms with E-state index in [-0.39, 0.29) is 17.4 Å². The number of aryl methyl sites for hydroxylation is 1. The fourth-order valence-electron chi connectivity index (χ4n) is 5.21. The van der Waals surface area contributed by atoms with E-state index < -0.39 is 43.3 Å². The number of rotatable bonds is 20. The van der Waals surface area contributed by atoms with Crippen molar-refractivity contribution in [1.29, 1.82) is 0 Å². The summed E-state index contributed by atoms with van der Waals surface area (Å²) >= 11 is 0. The van der Waals surface area contributed by atoms with Crippen molar-refractivity contribution in [2.24, 2.45) is 0 Å². The summed E-state index contributed by atoms with van der Waals surface area (Å²) in [5.74, 6) is -1.23. The summed E-state index contributed by atoms with van der Waals surface area (Å²) in [6, 6.07) is 4.90. The molecule has 0 amide bonds. The molecule has 1 aromatic rings. The van der Waals surface area contributed by atoms with Crippen LogP contribution in [0.1, 0.15) is 113 Å². The van der Waals surface area contributed by atoms with Gasteiger partial charge in [-0.05, 0) is 37.8 Å². The van der Waals surface area contributed by atoms with E-state index in [9.17, 15) is 35.4 Å². The lowest BCUT2D eigenvalue weighted by Crippen LogP contribution is -2.59. The highest BCUT2D eigenvalue weighted by atomic mass is 16.7. The second-order valence-electron chi connectivity index (χ2n) is 10.9. The Labute approximate surface area is 232 Å². The van der Waals surface area contributed by atoms with Crippen molar-refractivity contribution in [3.63, 3.8) is 0 Å². The highest BCUT2D eigenvalue weighted by molar-refractivity contribution is 5.92. The summed E-state index contributed by atoms with van der Waals surface area (Å²) in [4.78, 5) is 11.3. The first-order chi connectivity index (χ1) is 18.8. The Morgan fingerprint density at radius 2 is 1.38 bits per heavy atom. The van der Waals surface area contributed by atoms with Gasteiger partial charge >= 0.3 is 5.97 Å². The number of carboxylic acid groups (broad SMARTS) is 1. The smallest absolute Gasteiger partial charge is 0.339 e. The van der Waals surface area contributed by atoms with Gasteiger partial charge in [-0.3, -0.25) is 0 Å². The molecule has 1 heterocycles. The predicted molar refractivity (Wildman–Crippen MR) is 148 cm³/mol. The lowest BCUT2D eigenvalue weighted by Gasteiger charge is -2.40. The topological polar surface area (TPSA) is 157 Å². The highest BCUT2D eigenvalue weighted by Gasteiger charge is 2.44. The molecule has 3 unspecified atom stereocenters. The Morgan fingerprint density at radius 3 is 1.92 bits per heavy atom. The molecule has 1 fully saturated rings. The van der Waals surface area contributed by atoms with Crippen LogP contribution < -0.4 is 0 Å². The molecule has 0 aromatic heterocycles. The first-order valence-corrected chi connectivity index (χ1v) is 14.8. The Hall–Kier alpha value is -1.75. The molecule has 0 saturated carbocycles. The lowest BCUT2D eigenvalue weighted by atomic mass is 9.99. The molecule has 0 bridgehead atoms. The number of hydrogen-bond acceptors (Lipinski definition) is 8. The van der Waals surface area contributed by atoms with Gasteiger partial charge in [-0.15, -0.1) is 0 Å². The molecule has 1 aliphatic rings. The molecular formula is C30H50O9. The van der Waals surface area contributed by atoms with Gasteiger partial charge in [0.2, 0.25) is 0 Å². The molecule has 0 radical (unpaired) electrons. The number of hydrogen-bond donors (Lipinski definition) is 6. The highest BCUT2D eigenvalue weighted by Crippen LogP contribution is 2.25. The fraction of sp³-hybridized carbons (Fsp3) is 0.767. The Bertz CT molecular complexity index is 816. The minimum Gasteiger partial charge on any atom is -0.507 e. The number of phenols is 1. The minimum absolute atomic E-state index is 0.0351. The van der Waals surface area contributed by atoms with Gasteiger partial charge in [-0.1, -0.05) is 89.2 Å².